The SMILES string of the molecule is CCC(C)c1ccc2oc(CO)cc2c1. The van der Waals surface area contributed by atoms with Gasteiger partial charge in [-0.25, -0.2) is 0 Å². The Morgan fingerprint density at radius 2 is 2.13 bits per heavy atom. The second-order valence-corrected chi connectivity index (χ2v) is 3.98. The van der Waals surface area contributed by atoms with Gasteiger partial charge in [-0.3, -0.25) is 0 Å². The predicted octanol–water partition coefficient (Wildman–Crippen LogP) is 3.44. The molecule has 2 heteroatoms. The van der Waals surface area contributed by atoms with E-state index in [1.165, 1.54) is 5.56 Å². The quantitative estimate of drug-likeness (QED) is 0.830. The number of furan rings is 1. The van der Waals surface area contributed by atoms with Crippen LogP contribution in [-0.2, 0) is 6.61 Å². The Kier molecular flexibility index (Phi) is 2.78. The molecule has 1 atom stereocenters. The lowest BCUT2D eigenvalue weighted by Gasteiger charge is -2.07. The number of hydrogen-bond donors (Lipinski definition) is 1. The van der Waals surface area contributed by atoms with E-state index in [4.69, 9.17) is 9.52 Å². The fraction of sp³-hybridized carbons (Fsp3) is 0.385. The standard InChI is InChI=1S/C13H16O2/c1-3-9(2)10-4-5-13-11(6-10)7-12(8-14)15-13/h4-7,9,14H,3,8H2,1-2H3. The van der Waals surface area contributed by atoms with Crippen molar-refractivity contribution in [1.29, 1.82) is 0 Å². The summed E-state index contributed by atoms with van der Waals surface area (Å²) in [6.07, 6.45) is 1.14. The smallest absolute Gasteiger partial charge is 0.134 e. The average molecular weight is 204 g/mol. The normalized spacial score (nSPS) is 13.3. The third-order valence-corrected chi connectivity index (χ3v) is 2.93. The third-order valence-electron chi connectivity index (χ3n) is 2.93. The Labute approximate surface area is 89.5 Å². The molecule has 0 aliphatic heterocycles. The number of aliphatic hydroxyl groups is 1. The molecule has 0 radical (unpaired) electrons. The van der Waals surface area contributed by atoms with E-state index in [9.17, 15) is 0 Å². The number of benzene rings is 1. The number of hydrogen-bond acceptors (Lipinski definition) is 2. The largest absolute Gasteiger partial charge is 0.459 e. The number of aliphatic hydroxyl groups excluding tert-OH is 1. The van der Waals surface area contributed by atoms with Crippen LogP contribution in [0, 0.1) is 0 Å². The second kappa shape index (κ2) is 4.07. The molecular formula is C13H16O2. The van der Waals surface area contributed by atoms with Crippen LogP contribution < -0.4 is 0 Å². The van der Waals surface area contributed by atoms with Crippen LogP contribution in [0.1, 0.15) is 37.5 Å². The Bertz CT molecular complexity index is 457. The molecule has 0 bridgehead atoms. The van der Waals surface area contributed by atoms with E-state index in [1.54, 1.807) is 0 Å². The zero-order chi connectivity index (χ0) is 10.8. The van der Waals surface area contributed by atoms with Crippen LogP contribution in [0.5, 0.6) is 0 Å². The second-order valence-electron chi connectivity index (χ2n) is 3.98. The summed E-state index contributed by atoms with van der Waals surface area (Å²) in [5.41, 5.74) is 2.18. The summed E-state index contributed by atoms with van der Waals surface area (Å²) < 4.78 is 5.44. The minimum absolute atomic E-state index is 0.0344. The van der Waals surface area contributed by atoms with Gasteiger partial charge >= 0.3 is 0 Å². The molecule has 0 saturated heterocycles. The van der Waals surface area contributed by atoms with Gasteiger partial charge in [0.1, 0.15) is 18.0 Å². The summed E-state index contributed by atoms with van der Waals surface area (Å²) in [4.78, 5) is 0. The number of fused-ring (bicyclic) bond motifs is 1. The maximum Gasteiger partial charge on any atom is 0.134 e. The minimum atomic E-state index is -0.0344. The van der Waals surface area contributed by atoms with Crippen LogP contribution in [0.15, 0.2) is 28.7 Å². The highest BCUT2D eigenvalue weighted by molar-refractivity contribution is 5.78. The van der Waals surface area contributed by atoms with Gasteiger partial charge < -0.3 is 9.52 Å². The highest BCUT2D eigenvalue weighted by atomic mass is 16.4. The van der Waals surface area contributed by atoms with Gasteiger partial charge in [-0.05, 0) is 36.1 Å². The van der Waals surface area contributed by atoms with Crippen molar-refractivity contribution in [3.63, 3.8) is 0 Å². The molecule has 1 unspecified atom stereocenters. The Morgan fingerprint density at radius 3 is 2.80 bits per heavy atom. The summed E-state index contributed by atoms with van der Waals surface area (Å²) >= 11 is 0. The summed E-state index contributed by atoms with van der Waals surface area (Å²) in [6, 6.07) is 8.13. The van der Waals surface area contributed by atoms with Gasteiger partial charge in [0.05, 0.1) is 0 Å². The fourth-order valence-corrected chi connectivity index (χ4v) is 1.74. The van der Waals surface area contributed by atoms with Crippen molar-refractivity contribution in [2.75, 3.05) is 0 Å². The van der Waals surface area contributed by atoms with E-state index < -0.39 is 0 Å². The van der Waals surface area contributed by atoms with Crippen LogP contribution in [-0.4, -0.2) is 5.11 Å². The van der Waals surface area contributed by atoms with E-state index in [0.717, 1.165) is 17.4 Å². The molecule has 0 spiro atoms. The van der Waals surface area contributed by atoms with Gasteiger partial charge in [0, 0.05) is 5.39 Å². The maximum absolute atomic E-state index is 8.97. The highest BCUT2D eigenvalue weighted by Crippen LogP contribution is 2.25. The average Bonchev–Trinajstić information content (AvgIpc) is 2.69. The molecule has 0 amide bonds. The molecular weight excluding hydrogens is 188 g/mol. The van der Waals surface area contributed by atoms with E-state index in [2.05, 4.69) is 26.0 Å². The molecule has 1 N–H and O–H groups in total. The van der Waals surface area contributed by atoms with Crippen LogP contribution >= 0.6 is 0 Å². The van der Waals surface area contributed by atoms with Crippen molar-refractivity contribution in [3.05, 3.63) is 35.6 Å². The van der Waals surface area contributed by atoms with E-state index in [0.29, 0.717) is 11.7 Å². The lowest BCUT2D eigenvalue weighted by Crippen LogP contribution is -1.89. The van der Waals surface area contributed by atoms with Crippen molar-refractivity contribution in [2.24, 2.45) is 0 Å². The Balaban J connectivity index is 2.45. The summed E-state index contributed by atoms with van der Waals surface area (Å²) in [5.74, 6) is 1.20. The fourth-order valence-electron chi connectivity index (χ4n) is 1.74. The van der Waals surface area contributed by atoms with E-state index in [1.807, 2.05) is 12.1 Å². The van der Waals surface area contributed by atoms with Crippen molar-refractivity contribution >= 4 is 11.0 Å². The first-order valence-corrected chi connectivity index (χ1v) is 5.37. The Hall–Kier alpha value is -1.28. The van der Waals surface area contributed by atoms with Gasteiger partial charge in [0.25, 0.3) is 0 Å². The van der Waals surface area contributed by atoms with Crippen LogP contribution in [0.3, 0.4) is 0 Å². The summed E-state index contributed by atoms with van der Waals surface area (Å²) in [5, 5.41) is 10.0. The monoisotopic (exact) mass is 204 g/mol. The van der Waals surface area contributed by atoms with Gasteiger partial charge in [-0.15, -0.1) is 0 Å². The van der Waals surface area contributed by atoms with Crippen LogP contribution in [0.25, 0.3) is 11.0 Å². The maximum atomic E-state index is 8.97. The highest BCUT2D eigenvalue weighted by Gasteiger charge is 2.07. The van der Waals surface area contributed by atoms with E-state index in [-0.39, 0.29) is 6.61 Å². The molecule has 2 rings (SSSR count). The van der Waals surface area contributed by atoms with Gasteiger partial charge in [-0.1, -0.05) is 19.9 Å². The van der Waals surface area contributed by atoms with Crippen molar-refractivity contribution in [1.82, 2.24) is 0 Å². The molecule has 80 valence electrons. The van der Waals surface area contributed by atoms with Crippen LogP contribution in [0.2, 0.25) is 0 Å². The van der Waals surface area contributed by atoms with Gasteiger partial charge in [0.15, 0.2) is 0 Å². The molecule has 0 aliphatic rings. The van der Waals surface area contributed by atoms with Crippen molar-refractivity contribution < 1.29 is 9.52 Å². The molecule has 2 nitrogen and oxygen atoms in total. The lowest BCUT2D eigenvalue weighted by molar-refractivity contribution is 0.251. The van der Waals surface area contributed by atoms with Gasteiger partial charge in [0.2, 0.25) is 0 Å². The summed E-state index contributed by atoms with van der Waals surface area (Å²) in [6.45, 7) is 4.37. The zero-order valence-electron chi connectivity index (χ0n) is 9.16. The minimum Gasteiger partial charge on any atom is -0.459 e. The van der Waals surface area contributed by atoms with Crippen molar-refractivity contribution in [3.8, 4) is 0 Å². The zero-order valence-corrected chi connectivity index (χ0v) is 9.16. The van der Waals surface area contributed by atoms with E-state index >= 15 is 0 Å². The molecule has 0 saturated carbocycles. The Morgan fingerprint density at radius 1 is 1.33 bits per heavy atom. The molecule has 2 aromatic rings. The molecule has 0 fully saturated rings. The first-order chi connectivity index (χ1) is 7.24. The first-order valence-electron chi connectivity index (χ1n) is 5.37. The topological polar surface area (TPSA) is 33.4 Å². The van der Waals surface area contributed by atoms with Crippen LogP contribution in [0.4, 0.5) is 0 Å². The predicted molar refractivity (Wildman–Crippen MR) is 60.8 cm³/mol. The van der Waals surface area contributed by atoms with Crippen molar-refractivity contribution in [2.45, 2.75) is 32.8 Å². The molecule has 1 aromatic carbocycles. The molecule has 1 aromatic heterocycles. The third kappa shape index (κ3) is 1.90. The lowest BCUT2D eigenvalue weighted by atomic mass is 9.98. The van der Waals surface area contributed by atoms with Gasteiger partial charge in [-0.2, -0.15) is 0 Å². The molecule has 15 heavy (non-hydrogen) atoms. The molecule has 0 aliphatic carbocycles. The molecule has 1 heterocycles. The first kappa shape index (κ1) is 10.2. The summed E-state index contributed by atoms with van der Waals surface area (Å²) in [7, 11) is 0. The number of rotatable bonds is 3.